The normalized spacial score (nSPS) is 20.2. The van der Waals surface area contributed by atoms with E-state index in [4.69, 9.17) is 0 Å². The van der Waals surface area contributed by atoms with E-state index in [2.05, 4.69) is 5.32 Å². The highest BCUT2D eigenvalue weighted by Gasteiger charge is 2.32. The van der Waals surface area contributed by atoms with Gasteiger partial charge in [-0.15, -0.1) is 0 Å². The predicted octanol–water partition coefficient (Wildman–Crippen LogP) is 1.76. The minimum atomic E-state index is -3.63. The van der Waals surface area contributed by atoms with Crippen molar-refractivity contribution in [1.29, 1.82) is 0 Å². The fourth-order valence-corrected chi connectivity index (χ4v) is 5.12. The van der Waals surface area contributed by atoms with E-state index in [1.165, 1.54) is 29.6 Å². The molecule has 0 aliphatic carbocycles. The molecule has 1 saturated heterocycles. The highest BCUT2D eigenvalue weighted by molar-refractivity contribution is 7.99. The second kappa shape index (κ2) is 6.20. The summed E-state index contributed by atoms with van der Waals surface area (Å²) >= 11 is 1.72. The molecule has 1 fully saturated rings. The third-order valence-corrected chi connectivity index (χ3v) is 6.55. The van der Waals surface area contributed by atoms with E-state index < -0.39 is 14.9 Å². The van der Waals surface area contributed by atoms with Crippen LogP contribution < -0.4 is 5.32 Å². The van der Waals surface area contributed by atoms with E-state index in [-0.39, 0.29) is 22.3 Å². The lowest BCUT2D eigenvalue weighted by atomic mass is 10.3. The molecule has 0 aromatic heterocycles. The van der Waals surface area contributed by atoms with Crippen LogP contribution >= 0.6 is 11.8 Å². The molecule has 1 aromatic rings. The largest absolute Gasteiger partial charge is 0.383 e. The SMILES string of the molecule is CNc1cc(S(=O)(=O)N2CCSCC2C)ccc1[N+](=O)[O-]. The van der Waals surface area contributed by atoms with Crippen LogP contribution in [0.25, 0.3) is 0 Å². The Kier molecular flexibility index (Phi) is 4.74. The number of hydrogen-bond acceptors (Lipinski definition) is 6. The molecule has 0 bridgehead atoms. The summed E-state index contributed by atoms with van der Waals surface area (Å²) in [6, 6.07) is 3.76. The Balaban J connectivity index is 2.43. The van der Waals surface area contributed by atoms with E-state index in [1.54, 1.807) is 11.8 Å². The summed E-state index contributed by atoms with van der Waals surface area (Å²) < 4.78 is 26.8. The molecule has 0 spiro atoms. The van der Waals surface area contributed by atoms with Crippen molar-refractivity contribution in [1.82, 2.24) is 4.31 Å². The molecule has 21 heavy (non-hydrogen) atoms. The summed E-state index contributed by atoms with van der Waals surface area (Å²) in [4.78, 5) is 10.4. The molecule has 2 rings (SSSR count). The molecule has 7 nitrogen and oxygen atoms in total. The van der Waals surface area contributed by atoms with Crippen LogP contribution in [0.1, 0.15) is 6.92 Å². The Morgan fingerprint density at radius 2 is 2.19 bits per heavy atom. The maximum atomic E-state index is 12.7. The molecule has 1 aliphatic rings. The fourth-order valence-electron chi connectivity index (χ4n) is 2.24. The number of nitrogens with one attached hydrogen (secondary N) is 1. The van der Waals surface area contributed by atoms with Crippen LogP contribution in [0.5, 0.6) is 0 Å². The van der Waals surface area contributed by atoms with Crippen molar-refractivity contribution < 1.29 is 13.3 Å². The number of sulfonamides is 1. The van der Waals surface area contributed by atoms with E-state index >= 15 is 0 Å². The molecule has 9 heteroatoms. The average Bonchev–Trinajstić information content (AvgIpc) is 2.46. The summed E-state index contributed by atoms with van der Waals surface area (Å²) in [6.07, 6.45) is 0. The zero-order valence-corrected chi connectivity index (χ0v) is 13.4. The predicted molar refractivity (Wildman–Crippen MR) is 83.3 cm³/mol. The Labute approximate surface area is 127 Å². The smallest absolute Gasteiger partial charge is 0.292 e. The van der Waals surface area contributed by atoms with Gasteiger partial charge in [0.1, 0.15) is 5.69 Å². The lowest BCUT2D eigenvalue weighted by Gasteiger charge is -2.32. The van der Waals surface area contributed by atoms with Crippen molar-refractivity contribution in [3.8, 4) is 0 Å². The monoisotopic (exact) mass is 331 g/mol. The lowest BCUT2D eigenvalue weighted by molar-refractivity contribution is -0.384. The lowest BCUT2D eigenvalue weighted by Crippen LogP contribution is -2.44. The highest BCUT2D eigenvalue weighted by atomic mass is 32.2. The van der Waals surface area contributed by atoms with Gasteiger partial charge in [0.05, 0.1) is 9.82 Å². The van der Waals surface area contributed by atoms with E-state index in [0.29, 0.717) is 6.54 Å². The summed E-state index contributed by atoms with van der Waals surface area (Å²) in [5.41, 5.74) is 0.0545. The summed E-state index contributed by atoms with van der Waals surface area (Å²) in [6.45, 7) is 2.33. The maximum Gasteiger partial charge on any atom is 0.292 e. The van der Waals surface area contributed by atoms with Crippen LogP contribution in [0, 0.1) is 10.1 Å². The number of thioether (sulfide) groups is 1. The van der Waals surface area contributed by atoms with Gasteiger partial charge >= 0.3 is 0 Å². The van der Waals surface area contributed by atoms with Gasteiger partial charge in [0.15, 0.2) is 0 Å². The van der Waals surface area contributed by atoms with Crippen molar-refractivity contribution in [2.45, 2.75) is 17.9 Å². The number of nitro benzene ring substituents is 1. The number of nitro groups is 1. The summed E-state index contributed by atoms with van der Waals surface area (Å²) in [5, 5.41) is 13.6. The first kappa shape index (κ1) is 16.1. The van der Waals surface area contributed by atoms with Gasteiger partial charge in [-0.25, -0.2) is 8.42 Å². The molecule has 1 aliphatic heterocycles. The van der Waals surface area contributed by atoms with Crippen molar-refractivity contribution in [3.05, 3.63) is 28.3 Å². The quantitative estimate of drug-likeness (QED) is 0.667. The van der Waals surface area contributed by atoms with E-state index in [0.717, 1.165) is 11.5 Å². The van der Waals surface area contributed by atoms with Crippen LogP contribution in [0.2, 0.25) is 0 Å². The minimum absolute atomic E-state index is 0.0798. The van der Waals surface area contributed by atoms with Crippen molar-refractivity contribution in [2.75, 3.05) is 30.4 Å². The van der Waals surface area contributed by atoms with Gasteiger partial charge in [-0.3, -0.25) is 10.1 Å². The van der Waals surface area contributed by atoms with Gasteiger partial charge in [0.2, 0.25) is 10.0 Å². The van der Waals surface area contributed by atoms with Crippen molar-refractivity contribution >= 4 is 33.2 Å². The summed E-state index contributed by atoms with van der Waals surface area (Å²) in [7, 11) is -2.10. The number of hydrogen-bond donors (Lipinski definition) is 1. The second-order valence-electron chi connectivity index (χ2n) is 4.73. The molecule has 0 radical (unpaired) electrons. The van der Waals surface area contributed by atoms with Crippen LogP contribution in [-0.4, -0.2) is 48.8 Å². The minimum Gasteiger partial charge on any atom is -0.383 e. The van der Waals surface area contributed by atoms with Crippen LogP contribution in [0.3, 0.4) is 0 Å². The molecule has 1 N–H and O–H groups in total. The number of rotatable bonds is 4. The van der Waals surface area contributed by atoms with Gasteiger partial charge < -0.3 is 5.32 Å². The fraction of sp³-hybridized carbons (Fsp3) is 0.500. The van der Waals surface area contributed by atoms with Gasteiger partial charge in [0.25, 0.3) is 5.69 Å². The summed E-state index contributed by atoms with van der Waals surface area (Å²) in [5.74, 6) is 1.51. The highest BCUT2D eigenvalue weighted by Crippen LogP contribution is 2.30. The number of anilines is 1. The van der Waals surface area contributed by atoms with Gasteiger partial charge in [-0.2, -0.15) is 16.1 Å². The molecule has 0 amide bonds. The van der Waals surface area contributed by atoms with Crippen LogP contribution in [-0.2, 0) is 10.0 Å². The molecular weight excluding hydrogens is 314 g/mol. The molecule has 116 valence electrons. The van der Waals surface area contributed by atoms with Gasteiger partial charge in [-0.05, 0) is 19.1 Å². The molecule has 1 atom stereocenters. The Bertz CT molecular complexity index is 648. The Morgan fingerprint density at radius 3 is 2.76 bits per heavy atom. The molecule has 1 unspecified atom stereocenters. The topological polar surface area (TPSA) is 92.6 Å². The standard InChI is InChI=1S/C12H17N3O4S2/c1-9-8-20-6-5-14(9)21(18,19)10-3-4-12(15(16)17)11(7-10)13-2/h3-4,7,9,13H,5-6,8H2,1-2H3. The van der Waals surface area contributed by atoms with Gasteiger partial charge in [-0.1, -0.05) is 0 Å². The van der Waals surface area contributed by atoms with Gasteiger partial charge in [0, 0.05) is 37.2 Å². The van der Waals surface area contributed by atoms with Crippen LogP contribution in [0.4, 0.5) is 11.4 Å². The molecule has 1 aromatic carbocycles. The first-order valence-corrected chi connectivity index (χ1v) is 9.03. The third-order valence-electron chi connectivity index (χ3n) is 3.35. The van der Waals surface area contributed by atoms with E-state index in [1.807, 2.05) is 6.92 Å². The molecular formula is C12H17N3O4S2. The average molecular weight is 331 g/mol. The molecule has 1 heterocycles. The second-order valence-corrected chi connectivity index (χ2v) is 7.77. The maximum absolute atomic E-state index is 12.7. The Morgan fingerprint density at radius 1 is 1.48 bits per heavy atom. The first-order chi connectivity index (χ1) is 9.87. The first-order valence-electron chi connectivity index (χ1n) is 6.43. The van der Waals surface area contributed by atoms with Crippen molar-refractivity contribution in [3.63, 3.8) is 0 Å². The molecule has 0 saturated carbocycles. The van der Waals surface area contributed by atoms with Crippen LogP contribution in [0.15, 0.2) is 23.1 Å². The third kappa shape index (κ3) is 3.14. The number of benzene rings is 1. The van der Waals surface area contributed by atoms with E-state index in [9.17, 15) is 18.5 Å². The van der Waals surface area contributed by atoms with Crippen molar-refractivity contribution in [2.24, 2.45) is 0 Å². The Hall–Kier alpha value is -1.32. The zero-order chi connectivity index (χ0) is 15.6. The zero-order valence-electron chi connectivity index (χ0n) is 11.8. The number of nitrogens with zero attached hydrogens (tertiary/aromatic N) is 2.